The monoisotopic (exact) mass is 382 g/mol. The number of piperazine rings is 1. The Hall–Kier alpha value is -1.19. The fourth-order valence-corrected chi connectivity index (χ4v) is 2.98. The molecule has 2 aromatic carbocycles. The van der Waals surface area contributed by atoms with Gasteiger partial charge >= 0.3 is 0 Å². The van der Waals surface area contributed by atoms with Crippen LogP contribution >= 0.6 is 0 Å². The van der Waals surface area contributed by atoms with E-state index in [-0.39, 0.29) is 38.6 Å². The minimum absolute atomic E-state index is 0. The molecular formula is C19H21N2OY-. The number of amides is 1. The standard InChI is InChI=1S/C19H21N2O.Y/c1-15-8-9-18(16(2)14-15)20-10-12-21(13-11-20)19(22)17-6-4-3-5-7-17;/h3-8,14H,10-13H2,1-2H3;/q-1;. The van der Waals surface area contributed by atoms with Gasteiger partial charge in [-0.1, -0.05) is 37.7 Å². The molecule has 1 heterocycles. The molecule has 0 atom stereocenters. The first kappa shape index (κ1) is 18.2. The first-order valence-corrected chi connectivity index (χ1v) is 7.73. The molecule has 2 aromatic rings. The van der Waals surface area contributed by atoms with Crippen LogP contribution in [-0.2, 0) is 32.7 Å². The van der Waals surface area contributed by atoms with Crippen molar-refractivity contribution in [1.82, 2.24) is 4.90 Å². The predicted molar refractivity (Wildman–Crippen MR) is 89.3 cm³/mol. The Kier molecular flexibility index (Phi) is 6.37. The van der Waals surface area contributed by atoms with Gasteiger partial charge in [0.15, 0.2) is 0 Å². The zero-order chi connectivity index (χ0) is 15.5. The van der Waals surface area contributed by atoms with Crippen LogP contribution in [0.4, 0.5) is 5.69 Å². The Labute approximate surface area is 163 Å². The van der Waals surface area contributed by atoms with Crippen molar-refractivity contribution >= 4 is 11.6 Å². The Balaban J connectivity index is 0.00000192. The van der Waals surface area contributed by atoms with E-state index >= 15 is 0 Å². The smallest absolute Gasteiger partial charge is 0.253 e. The van der Waals surface area contributed by atoms with Gasteiger partial charge in [-0.2, -0.15) is 23.8 Å². The molecule has 1 aliphatic heterocycles. The van der Waals surface area contributed by atoms with Crippen molar-refractivity contribution < 1.29 is 37.5 Å². The van der Waals surface area contributed by atoms with E-state index in [2.05, 4.69) is 30.9 Å². The zero-order valence-corrected chi connectivity index (χ0v) is 16.6. The van der Waals surface area contributed by atoms with E-state index in [0.717, 1.165) is 37.4 Å². The summed E-state index contributed by atoms with van der Waals surface area (Å²) in [6.45, 7) is 7.45. The minimum atomic E-state index is 0. The molecule has 0 aliphatic carbocycles. The molecule has 1 radical (unpaired) electrons. The van der Waals surface area contributed by atoms with Crippen LogP contribution in [0.15, 0.2) is 42.5 Å². The molecule has 1 fully saturated rings. The number of carbonyl (C=O) groups is 1. The summed E-state index contributed by atoms with van der Waals surface area (Å²) >= 11 is 0. The molecule has 0 spiro atoms. The number of anilines is 1. The van der Waals surface area contributed by atoms with Crippen LogP contribution in [0.3, 0.4) is 0 Å². The molecular weight excluding hydrogens is 361 g/mol. The number of benzene rings is 2. The van der Waals surface area contributed by atoms with E-state index in [1.807, 2.05) is 41.3 Å². The molecule has 4 heteroatoms. The van der Waals surface area contributed by atoms with E-state index < -0.39 is 0 Å². The number of nitrogens with zero attached hydrogens (tertiary/aromatic N) is 2. The van der Waals surface area contributed by atoms with Crippen LogP contribution < -0.4 is 4.90 Å². The second kappa shape index (κ2) is 8.07. The molecule has 1 saturated heterocycles. The molecule has 0 saturated carbocycles. The average molecular weight is 382 g/mol. The van der Waals surface area contributed by atoms with Crippen molar-refractivity contribution in [3.63, 3.8) is 0 Å². The number of hydrogen-bond acceptors (Lipinski definition) is 2. The average Bonchev–Trinajstić information content (AvgIpc) is 2.55. The van der Waals surface area contributed by atoms with Crippen molar-refractivity contribution in [2.45, 2.75) is 13.8 Å². The molecule has 117 valence electrons. The third kappa shape index (κ3) is 4.21. The van der Waals surface area contributed by atoms with E-state index in [0.29, 0.717) is 0 Å². The van der Waals surface area contributed by atoms with Crippen molar-refractivity contribution in [2.24, 2.45) is 0 Å². The summed E-state index contributed by atoms with van der Waals surface area (Å²) in [4.78, 5) is 16.7. The van der Waals surface area contributed by atoms with Gasteiger partial charge in [0.1, 0.15) is 0 Å². The first-order chi connectivity index (χ1) is 10.6. The summed E-state index contributed by atoms with van der Waals surface area (Å²) in [5, 5.41) is 0. The topological polar surface area (TPSA) is 23.6 Å². The van der Waals surface area contributed by atoms with Crippen LogP contribution in [0.2, 0.25) is 0 Å². The van der Waals surface area contributed by atoms with Crippen LogP contribution in [0.25, 0.3) is 0 Å². The molecule has 1 amide bonds. The Morgan fingerprint density at radius 2 is 1.70 bits per heavy atom. The predicted octanol–water partition coefficient (Wildman–Crippen LogP) is 3.06. The quantitative estimate of drug-likeness (QED) is 0.746. The van der Waals surface area contributed by atoms with Gasteiger partial charge in [0.25, 0.3) is 5.91 Å². The van der Waals surface area contributed by atoms with Crippen molar-refractivity contribution in [3.8, 4) is 0 Å². The van der Waals surface area contributed by atoms with Gasteiger partial charge in [0, 0.05) is 64.5 Å². The van der Waals surface area contributed by atoms with Gasteiger partial charge in [0.2, 0.25) is 0 Å². The maximum Gasteiger partial charge on any atom is 0.253 e. The molecule has 0 N–H and O–H groups in total. The molecule has 23 heavy (non-hydrogen) atoms. The maximum atomic E-state index is 12.5. The van der Waals surface area contributed by atoms with Crippen LogP contribution in [-0.4, -0.2) is 37.0 Å². The summed E-state index contributed by atoms with van der Waals surface area (Å²) in [5.41, 5.74) is 4.42. The van der Waals surface area contributed by atoms with Crippen LogP contribution in [0, 0.1) is 19.9 Å². The first-order valence-electron chi connectivity index (χ1n) is 7.73. The van der Waals surface area contributed by atoms with Gasteiger partial charge in [-0.05, 0) is 12.1 Å². The number of aryl methyl sites for hydroxylation is 2. The summed E-state index contributed by atoms with van der Waals surface area (Å²) in [6, 6.07) is 17.1. The number of hydrogen-bond donors (Lipinski definition) is 0. The summed E-state index contributed by atoms with van der Waals surface area (Å²) in [6.07, 6.45) is 0. The molecule has 0 bridgehead atoms. The van der Waals surface area contributed by atoms with Crippen molar-refractivity contribution in [2.75, 3.05) is 31.1 Å². The van der Waals surface area contributed by atoms with Crippen molar-refractivity contribution in [1.29, 1.82) is 0 Å². The number of rotatable bonds is 2. The van der Waals surface area contributed by atoms with Gasteiger partial charge in [-0.25, -0.2) is 0 Å². The van der Waals surface area contributed by atoms with Crippen LogP contribution in [0.1, 0.15) is 21.5 Å². The Bertz CT molecular complexity index is 664. The van der Waals surface area contributed by atoms with E-state index in [1.54, 1.807) is 0 Å². The van der Waals surface area contributed by atoms with Gasteiger partial charge in [-0.3, -0.25) is 4.79 Å². The second-order valence-corrected chi connectivity index (χ2v) is 5.85. The molecule has 3 nitrogen and oxygen atoms in total. The SMILES string of the molecule is Cc1c[c-]c(N2CCN(C(=O)c3ccccc3)CC2)c(C)c1.[Y]. The fraction of sp³-hybridized carbons (Fsp3) is 0.316. The maximum absolute atomic E-state index is 12.5. The summed E-state index contributed by atoms with van der Waals surface area (Å²) in [5.74, 6) is 0.129. The molecule has 3 rings (SSSR count). The normalized spacial score (nSPS) is 14.3. The van der Waals surface area contributed by atoms with E-state index in [9.17, 15) is 4.79 Å². The summed E-state index contributed by atoms with van der Waals surface area (Å²) in [7, 11) is 0. The Morgan fingerprint density at radius 1 is 1.04 bits per heavy atom. The Morgan fingerprint density at radius 3 is 2.30 bits per heavy atom. The minimum Gasteiger partial charge on any atom is -0.390 e. The van der Waals surface area contributed by atoms with Crippen molar-refractivity contribution in [3.05, 3.63) is 65.2 Å². The van der Waals surface area contributed by atoms with Gasteiger partial charge in [-0.15, -0.1) is 5.56 Å². The second-order valence-electron chi connectivity index (χ2n) is 5.85. The third-order valence-corrected chi connectivity index (χ3v) is 4.16. The largest absolute Gasteiger partial charge is 0.390 e. The van der Waals surface area contributed by atoms with E-state index in [1.165, 1.54) is 11.1 Å². The number of carbonyl (C=O) groups excluding carboxylic acids is 1. The van der Waals surface area contributed by atoms with Gasteiger partial charge in [0.05, 0.1) is 0 Å². The van der Waals surface area contributed by atoms with Gasteiger partial charge < -0.3 is 9.80 Å². The third-order valence-electron chi connectivity index (χ3n) is 4.16. The fourth-order valence-electron chi connectivity index (χ4n) is 2.98. The molecule has 1 aliphatic rings. The summed E-state index contributed by atoms with van der Waals surface area (Å²) < 4.78 is 0. The molecule has 0 unspecified atom stereocenters. The zero-order valence-electron chi connectivity index (χ0n) is 13.7. The molecule has 0 aromatic heterocycles. The van der Waals surface area contributed by atoms with Crippen LogP contribution in [0.5, 0.6) is 0 Å². The van der Waals surface area contributed by atoms with E-state index in [4.69, 9.17) is 0 Å².